The summed E-state index contributed by atoms with van der Waals surface area (Å²) in [4.78, 5) is 31.8. The molecule has 0 spiro atoms. The summed E-state index contributed by atoms with van der Waals surface area (Å²) in [6, 6.07) is 7.56. The van der Waals surface area contributed by atoms with Crippen LogP contribution in [0.4, 0.5) is 5.95 Å². The highest BCUT2D eigenvalue weighted by atomic mass is 16.5. The van der Waals surface area contributed by atoms with Crippen molar-refractivity contribution in [1.82, 2.24) is 9.97 Å². The van der Waals surface area contributed by atoms with E-state index in [0.29, 0.717) is 35.7 Å². The second-order valence-corrected chi connectivity index (χ2v) is 7.82. The predicted molar refractivity (Wildman–Crippen MR) is 120 cm³/mol. The molecule has 4 rings (SSSR count). The molecule has 3 aromatic rings. The highest BCUT2D eigenvalue weighted by molar-refractivity contribution is 5.98. The summed E-state index contributed by atoms with van der Waals surface area (Å²) in [5, 5.41) is 13.5. The van der Waals surface area contributed by atoms with E-state index in [-0.39, 0.29) is 30.2 Å². The number of anilines is 1. The van der Waals surface area contributed by atoms with Gasteiger partial charge in [0.25, 0.3) is 0 Å². The number of methoxy groups -OCH3 is 1. The fraction of sp³-hybridized carbons (Fsp3) is 0.292. The second kappa shape index (κ2) is 8.74. The zero-order valence-electron chi connectivity index (χ0n) is 18.2. The number of benzene rings is 2. The van der Waals surface area contributed by atoms with Crippen LogP contribution in [-0.2, 0) is 22.6 Å². The minimum absolute atomic E-state index is 0.100. The van der Waals surface area contributed by atoms with Crippen LogP contribution in [-0.4, -0.2) is 34.1 Å². The molecule has 166 valence electrons. The van der Waals surface area contributed by atoms with Crippen LogP contribution in [0.2, 0.25) is 0 Å². The number of aromatic hydroxyl groups is 1. The SMILES string of the molecule is COc1c(C)c2c(c(O)c1CC=C(C)CCC(=O)Nc1nc3ccccc3[nH]1)C(=O)OC2. The Kier molecular flexibility index (Phi) is 5.85. The Bertz CT molecular complexity index is 1210. The zero-order valence-corrected chi connectivity index (χ0v) is 18.2. The Labute approximate surface area is 185 Å². The Hall–Kier alpha value is -3.81. The van der Waals surface area contributed by atoms with Crippen LogP contribution in [0.15, 0.2) is 35.9 Å². The number of amides is 1. The second-order valence-electron chi connectivity index (χ2n) is 7.82. The van der Waals surface area contributed by atoms with Gasteiger partial charge >= 0.3 is 5.97 Å². The van der Waals surface area contributed by atoms with Gasteiger partial charge in [-0.3, -0.25) is 10.1 Å². The van der Waals surface area contributed by atoms with Gasteiger partial charge in [-0.25, -0.2) is 9.78 Å². The number of carbonyl (C=O) groups excluding carboxylic acids is 2. The number of cyclic esters (lactones) is 1. The van der Waals surface area contributed by atoms with Gasteiger partial charge in [0.05, 0.1) is 18.1 Å². The van der Waals surface area contributed by atoms with E-state index in [4.69, 9.17) is 9.47 Å². The van der Waals surface area contributed by atoms with Crippen molar-refractivity contribution >= 4 is 28.9 Å². The minimum Gasteiger partial charge on any atom is -0.507 e. The van der Waals surface area contributed by atoms with E-state index in [2.05, 4.69) is 15.3 Å². The summed E-state index contributed by atoms with van der Waals surface area (Å²) in [6.45, 7) is 3.91. The van der Waals surface area contributed by atoms with E-state index in [0.717, 1.165) is 22.2 Å². The van der Waals surface area contributed by atoms with Gasteiger partial charge in [-0.05, 0) is 44.4 Å². The third-order valence-corrected chi connectivity index (χ3v) is 5.70. The number of ether oxygens (including phenoxy) is 2. The van der Waals surface area contributed by atoms with Crippen LogP contribution in [0.1, 0.15) is 46.8 Å². The van der Waals surface area contributed by atoms with Crippen LogP contribution < -0.4 is 10.1 Å². The molecule has 1 aliphatic rings. The normalized spacial score (nSPS) is 13.2. The first-order valence-corrected chi connectivity index (χ1v) is 10.4. The minimum atomic E-state index is -0.521. The van der Waals surface area contributed by atoms with Crippen LogP contribution in [0.5, 0.6) is 11.5 Å². The van der Waals surface area contributed by atoms with Crippen LogP contribution in [0.25, 0.3) is 11.0 Å². The lowest BCUT2D eigenvalue weighted by molar-refractivity contribution is -0.116. The summed E-state index contributed by atoms with van der Waals surface area (Å²) in [5.74, 6) is 0.205. The quantitative estimate of drug-likeness (QED) is 0.379. The van der Waals surface area contributed by atoms with Gasteiger partial charge in [-0.1, -0.05) is 23.8 Å². The number of phenols is 1. The van der Waals surface area contributed by atoms with Crippen molar-refractivity contribution in [2.24, 2.45) is 0 Å². The van der Waals surface area contributed by atoms with Gasteiger partial charge in [-0.15, -0.1) is 0 Å². The van der Waals surface area contributed by atoms with Crippen LogP contribution in [0.3, 0.4) is 0 Å². The topological polar surface area (TPSA) is 114 Å². The maximum Gasteiger partial charge on any atom is 0.342 e. The number of aromatic amines is 1. The Morgan fingerprint density at radius 3 is 2.88 bits per heavy atom. The maximum atomic E-state index is 12.3. The van der Waals surface area contributed by atoms with E-state index in [1.165, 1.54) is 7.11 Å². The zero-order chi connectivity index (χ0) is 22.8. The summed E-state index contributed by atoms with van der Waals surface area (Å²) < 4.78 is 10.6. The van der Waals surface area contributed by atoms with E-state index >= 15 is 0 Å². The molecule has 1 aliphatic heterocycles. The number of hydrogen-bond acceptors (Lipinski definition) is 6. The number of esters is 1. The van der Waals surface area contributed by atoms with Crippen LogP contribution in [0, 0.1) is 6.92 Å². The van der Waals surface area contributed by atoms with E-state index in [1.54, 1.807) is 0 Å². The highest BCUT2D eigenvalue weighted by Crippen LogP contribution is 2.42. The number of nitrogens with zero attached hydrogens (tertiary/aromatic N) is 1. The summed E-state index contributed by atoms with van der Waals surface area (Å²) >= 11 is 0. The lowest BCUT2D eigenvalue weighted by atomic mass is 9.94. The maximum absolute atomic E-state index is 12.3. The predicted octanol–water partition coefficient (Wildman–Crippen LogP) is 4.16. The average molecular weight is 435 g/mol. The Morgan fingerprint density at radius 2 is 2.12 bits per heavy atom. The Balaban J connectivity index is 1.42. The average Bonchev–Trinajstić information content (AvgIpc) is 3.36. The summed E-state index contributed by atoms with van der Waals surface area (Å²) in [7, 11) is 1.54. The molecule has 8 heteroatoms. The number of imidazole rings is 1. The van der Waals surface area contributed by atoms with Crippen molar-refractivity contribution in [2.45, 2.75) is 39.7 Å². The van der Waals surface area contributed by atoms with Crippen molar-refractivity contribution in [3.05, 3.63) is 58.2 Å². The molecule has 3 N–H and O–H groups in total. The van der Waals surface area contributed by atoms with Crippen LogP contribution >= 0.6 is 0 Å². The number of nitrogens with one attached hydrogen (secondary N) is 2. The van der Waals surface area contributed by atoms with Crippen molar-refractivity contribution in [1.29, 1.82) is 0 Å². The molecule has 0 aliphatic carbocycles. The molecule has 1 amide bonds. The molecule has 0 saturated heterocycles. The molecule has 8 nitrogen and oxygen atoms in total. The molecule has 0 radical (unpaired) electrons. The van der Waals surface area contributed by atoms with Gasteiger partial charge in [0, 0.05) is 17.5 Å². The van der Waals surface area contributed by atoms with Gasteiger partial charge in [0.15, 0.2) is 0 Å². The highest BCUT2D eigenvalue weighted by Gasteiger charge is 2.31. The van der Waals surface area contributed by atoms with Crippen molar-refractivity contribution < 1.29 is 24.2 Å². The summed E-state index contributed by atoms with van der Waals surface area (Å²) in [5.41, 5.74) is 4.84. The number of rotatable bonds is 7. The van der Waals surface area contributed by atoms with Crippen molar-refractivity contribution in [3.8, 4) is 11.5 Å². The standard InChI is InChI=1S/C24H25N3O5/c1-13(9-11-19(28)27-24-25-17-6-4-5-7-18(17)26-24)8-10-15-21(29)20-16(12-32-23(20)30)14(2)22(15)31-3/h4-8,29H,9-12H2,1-3H3,(H2,25,26,27,28). The number of para-hydroxylation sites is 2. The molecule has 2 aromatic carbocycles. The molecule has 0 atom stereocenters. The van der Waals surface area contributed by atoms with E-state index in [9.17, 15) is 14.7 Å². The number of fused-ring (bicyclic) bond motifs is 2. The number of hydrogen-bond donors (Lipinski definition) is 3. The monoisotopic (exact) mass is 435 g/mol. The first-order valence-electron chi connectivity index (χ1n) is 10.4. The molecule has 0 fully saturated rings. The lowest BCUT2D eigenvalue weighted by Crippen LogP contribution is -2.12. The first-order chi connectivity index (χ1) is 15.4. The summed E-state index contributed by atoms with van der Waals surface area (Å²) in [6.07, 6.45) is 3.13. The van der Waals surface area contributed by atoms with Gasteiger partial charge in [0.2, 0.25) is 11.9 Å². The Morgan fingerprint density at radius 1 is 1.34 bits per heavy atom. The van der Waals surface area contributed by atoms with Gasteiger partial charge in [0.1, 0.15) is 23.7 Å². The fourth-order valence-electron chi connectivity index (χ4n) is 3.92. The molecule has 1 aromatic heterocycles. The largest absolute Gasteiger partial charge is 0.507 e. The third kappa shape index (κ3) is 4.03. The molecular formula is C24H25N3O5. The fourth-order valence-corrected chi connectivity index (χ4v) is 3.92. The first kappa shape index (κ1) is 21.4. The molecule has 0 unspecified atom stereocenters. The van der Waals surface area contributed by atoms with Crippen molar-refractivity contribution in [3.63, 3.8) is 0 Å². The van der Waals surface area contributed by atoms with E-state index in [1.807, 2.05) is 44.2 Å². The molecular weight excluding hydrogens is 410 g/mol. The lowest BCUT2D eigenvalue weighted by Gasteiger charge is -2.15. The van der Waals surface area contributed by atoms with E-state index < -0.39 is 5.97 Å². The molecule has 2 heterocycles. The molecule has 0 bridgehead atoms. The number of aromatic nitrogens is 2. The number of H-pyrrole nitrogens is 1. The van der Waals surface area contributed by atoms with Crippen molar-refractivity contribution in [2.75, 3.05) is 12.4 Å². The third-order valence-electron chi connectivity index (χ3n) is 5.70. The molecule has 0 saturated carbocycles. The van der Waals surface area contributed by atoms with Gasteiger partial charge < -0.3 is 19.6 Å². The number of carbonyl (C=O) groups is 2. The molecule has 32 heavy (non-hydrogen) atoms. The number of allylic oxidation sites excluding steroid dienone is 2. The van der Waals surface area contributed by atoms with Gasteiger partial charge in [-0.2, -0.15) is 0 Å². The smallest absolute Gasteiger partial charge is 0.342 e. The number of phenolic OH excluding ortho intramolecular Hbond substituents is 1.